The lowest BCUT2D eigenvalue weighted by Crippen LogP contribution is -2.43. The van der Waals surface area contributed by atoms with E-state index < -0.39 is 19.9 Å². The van der Waals surface area contributed by atoms with Crippen LogP contribution in [-0.4, -0.2) is 45.7 Å². The predicted octanol–water partition coefficient (Wildman–Crippen LogP) is 1.20. The van der Waals surface area contributed by atoms with E-state index in [0.29, 0.717) is 5.76 Å². The van der Waals surface area contributed by atoms with Crippen LogP contribution in [0.2, 0.25) is 0 Å². The van der Waals surface area contributed by atoms with E-state index in [9.17, 15) is 16.8 Å². The number of halogens is 2. The molecule has 108 valence electrons. The van der Waals surface area contributed by atoms with E-state index in [-0.39, 0.29) is 40.0 Å². The Morgan fingerprint density at radius 1 is 1.37 bits per heavy atom. The zero-order valence-electron chi connectivity index (χ0n) is 9.67. The first-order chi connectivity index (χ1) is 8.76. The highest BCUT2D eigenvalue weighted by Gasteiger charge is 2.33. The maximum Gasteiger partial charge on any atom is 0.247 e. The van der Waals surface area contributed by atoms with Crippen molar-refractivity contribution in [3.63, 3.8) is 0 Å². The molecule has 19 heavy (non-hydrogen) atoms. The average Bonchev–Trinajstić information content (AvgIpc) is 2.70. The second-order valence-electron chi connectivity index (χ2n) is 4.04. The van der Waals surface area contributed by atoms with Crippen molar-refractivity contribution in [3.8, 4) is 0 Å². The summed E-state index contributed by atoms with van der Waals surface area (Å²) < 4.78 is 53.7. The van der Waals surface area contributed by atoms with E-state index >= 15 is 0 Å². The lowest BCUT2D eigenvalue weighted by molar-refractivity contribution is 0.428. The van der Waals surface area contributed by atoms with Gasteiger partial charge in [-0.1, -0.05) is 0 Å². The molecule has 1 fully saturated rings. The molecule has 0 aromatic carbocycles. The molecule has 0 aliphatic carbocycles. The highest BCUT2D eigenvalue weighted by atomic mass is 79.9. The van der Waals surface area contributed by atoms with Gasteiger partial charge in [0.15, 0.2) is 14.5 Å². The lowest BCUT2D eigenvalue weighted by atomic mass is 10.5. The Hall–Kier alpha value is -0.0900. The number of alkyl halides is 1. The molecule has 10 heteroatoms. The van der Waals surface area contributed by atoms with E-state index in [1.807, 2.05) is 0 Å². The quantitative estimate of drug-likeness (QED) is 0.722. The SMILES string of the molecule is O=S1(=O)CCN(S(=O)(=O)c2cc(CCl)oc2Br)CC1. The molecule has 1 saturated heterocycles. The van der Waals surface area contributed by atoms with Gasteiger partial charge in [-0.05, 0) is 15.9 Å². The average molecular weight is 393 g/mol. The van der Waals surface area contributed by atoms with Crippen LogP contribution in [0.1, 0.15) is 5.76 Å². The molecule has 2 heterocycles. The maximum atomic E-state index is 12.3. The fourth-order valence-electron chi connectivity index (χ4n) is 1.71. The van der Waals surface area contributed by atoms with Crippen molar-refractivity contribution < 1.29 is 21.3 Å². The molecule has 2 rings (SSSR count). The van der Waals surface area contributed by atoms with E-state index in [0.717, 1.165) is 4.31 Å². The second-order valence-corrected chi connectivity index (χ2v) is 9.24. The smallest absolute Gasteiger partial charge is 0.247 e. The molecule has 0 saturated carbocycles. The largest absolute Gasteiger partial charge is 0.452 e. The number of sulfonamides is 1. The first-order valence-corrected chi connectivity index (χ1v) is 9.90. The summed E-state index contributed by atoms with van der Waals surface area (Å²) in [5, 5.41) is 0. The summed E-state index contributed by atoms with van der Waals surface area (Å²) in [4.78, 5) is -0.0255. The van der Waals surface area contributed by atoms with E-state index in [4.69, 9.17) is 16.0 Å². The molecule has 0 atom stereocenters. The fourth-order valence-corrected chi connectivity index (χ4v) is 5.68. The van der Waals surface area contributed by atoms with Crippen LogP contribution >= 0.6 is 27.5 Å². The Morgan fingerprint density at radius 2 is 1.95 bits per heavy atom. The molecule has 0 spiro atoms. The van der Waals surface area contributed by atoms with Gasteiger partial charge >= 0.3 is 0 Å². The molecule has 0 N–H and O–H groups in total. The standard InChI is InChI=1S/C9H11BrClNO5S2/c10-9-8(5-7(6-11)17-9)19(15,16)12-1-3-18(13,14)4-2-12/h5H,1-4,6H2. The van der Waals surface area contributed by atoms with Crippen LogP contribution in [0.15, 0.2) is 20.0 Å². The zero-order chi connectivity index (χ0) is 14.3. The fraction of sp³-hybridized carbons (Fsp3) is 0.556. The van der Waals surface area contributed by atoms with Crippen LogP contribution in [0.25, 0.3) is 0 Å². The van der Waals surface area contributed by atoms with Gasteiger partial charge < -0.3 is 4.42 Å². The predicted molar refractivity (Wildman–Crippen MR) is 73.4 cm³/mol. The molecule has 0 radical (unpaired) electrons. The van der Waals surface area contributed by atoms with Gasteiger partial charge in [-0.15, -0.1) is 11.6 Å². The molecular weight excluding hydrogens is 382 g/mol. The molecule has 1 aromatic heterocycles. The van der Waals surface area contributed by atoms with Gasteiger partial charge in [0, 0.05) is 19.2 Å². The minimum Gasteiger partial charge on any atom is -0.452 e. The van der Waals surface area contributed by atoms with Crippen molar-refractivity contribution >= 4 is 47.4 Å². The van der Waals surface area contributed by atoms with Crippen LogP contribution in [0.3, 0.4) is 0 Å². The number of sulfone groups is 1. The summed E-state index contributed by atoms with van der Waals surface area (Å²) in [5.41, 5.74) is 0. The molecule has 1 aliphatic rings. The molecule has 1 aromatic rings. The second kappa shape index (κ2) is 5.36. The summed E-state index contributed by atoms with van der Waals surface area (Å²) in [5.74, 6) is 0.0631. The summed E-state index contributed by atoms with van der Waals surface area (Å²) in [6.45, 7) is -0.0863. The Labute approximate surface area is 124 Å². The molecule has 1 aliphatic heterocycles. The number of furan rings is 1. The van der Waals surface area contributed by atoms with Crippen molar-refractivity contribution in [2.45, 2.75) is 10.8 Å². The van der Waals surface area contributed by atoms with Crippen molar-refractivity contribution in [2.75, 3.05) is 24.6 Å². The topological polar surface area (TPSA) is 84.7 Å². The van der Waals surface area contributed by atoms with Gasteiger partial charge in [0.25, 0.3) is 0 Å². The maximum absolute atomic E-state index is 12.3. The van der Waals surface area contributed by atoms with Crippen molar-refractivity contribution in [2.24, 2.45) is 0 Å². The Kier molecular flexibility index (Phi) is 4.32. The van der Waals surface area contributed by atoms with Crippen molar-refractivity contribution in [1.82, 2.24) is 4.31 Å². The summed E-state index contributed by atoms with van der Waals surface area (Å²) >= 11 is 8.62. The van der Waals surface area contributed by atoms with E-state index in [1.54, 1.807) is 0 Å². The summed E-state index contributed by atoms with van der Waals surface area (Å²) in [7, 11) is -6.89. The zero-order valence-corrected chi connectivity index (χ0v) is 13.6. The van der Waals surface area contributed by atoms with Gasteiger partial charge in [-0.25, -0.2) is 16.8 Å². The molecule has 0 amide bonds. The highest BCUT2D eigenvalue weighted by Crippen LogP contribution is 2.30. The van der Waals surface area contributed by atoms with Gasteiger partial charge in [0.05, 0.1) is 17.4 Å². The Morgan fingerprint density at radius 3 is 2.42 bits per heavy atom. The Bertz CT molecular complexity index is 667. The number of hydrogen-bond acceptors (Lipinski definition) is 5. The third-order valence-electron chi connectivity index (χ3n) is 2.76. The molecular formula is C9H11BrClNO5S2. The van der Waals surface area contributed by atoms with E-state index in [2.05, 4.69) is 15.9 Å². The van der Waals surface area contributed by atoms with Gasteiger partial charge in [-0.2, -0.15) is 4.31 Å². The molecule has 0 bridgehead atoms. The van der Waals surface area contributed by atoms with Crippen LogP contribution in [0.5, 0.6) is 0 Å². The first kappa shape index (κ1) is 15.3. The van der Waals surface area contributed by atoms with Gasteiger partial charge in [0.2, 0.25) is 10.0 Å². The van der Waals surface area contributed by atoms with Crippen LogP contribution in [0, 0.1) is 0 Å². The molecule has 6 nitrogen and oxygen atoms in total. The summed E-state index contributed by atoms with van der Waals surface area (Å²) in [6.07, 6.45) is 0. The van der Waals surface area contributed by atoms with Gasteiger partial charge in [0.1, 0.15) is 10.7 Å². The van der Waals surface area contributed by atoms with Crippen molar-refractivity contribution in [3.05, 3.63) is 16.5 Å². The Balaban J connectivity index is 2.30. The number of hydrogen-bond donors (Lipinski definition) is 0. The number of nitrogens with zero attached hydrogens (tertiary/aromatic N) is 1. The van der Waals surface area contributed by atoms with Crippen LogP contribution in [-0.2, 0) is 25.7 Å². The third-order valence-corrected chi connectivity index (χ3v) is 7.39. The number of rotatable bonds is 3. The normalized spacial score (nSPS) is 20.5. The molecule has 0 unspecified atom stereocenters. The van der Waals surface area contributed by atoms with Gasteiger partial charge in [-0.3, -0.25) is 0 Å². The van der Waals surface area contributed by atoms with E-state index in [1.165, 1.54) is 6.07 Å². The van der Waals surface area contributed by atoms with Crippen molar-refractivity contribution in [1.29, 1.82) is 0 Å². The summed E-state index contributed by atoms with van der Waals surface area (Å²) in [6, 6.07) is 1.34. The van der Waals surface area contributed by atoms with Crippen LogP contribution in [0.4, 0.5) is 0 Å². The van der Waals surface area contributed by atoms with Crippen LogP contribution < -0.4 is 0 Å². The minimum atomic E-state index is -3.76. The highest BCUT2D eigenvalue weighted by molar-refractivity contribution is 9.10. The minimum absolute atomic E-state index is 0.0255. The lowest BCUT2D eigenvalue weighted by Gasteiger charge is -2.25. The monoisotopic (exact) mass is 391 g/mol. The third kappa shape index (κ3) is 3.15. The first-order valence-electron chi connectivity index (χ1n) is 5.31.